The zero-order valence-corrected chi connectivity index (χ0v) is 13.0. The van der Waals surface area contributed by atoms with E-state index >= 15 is 0 Å². The van der Waals surface area contributed by atoms with Gasteiger partial charge in [0.1, 0.15) is 0 Å². The van der Waals surface area contributed by atoms with Gasteiger partial charge in [-0.3, -0.25) is 9.78 Å². The Morgan fingerprint density at radius 3 is 2.87 bits per heavy atom. The van der Waals surface area contributed by atoms with Crippen molar-refractivity contribution in [1.82, 2.24) is 14.5 Å². The Morgan fingerprint density at radius 2 is 2.17 bits per heavy atom. The number of nitrogens with zero attached hydrogens (tertiary/aromatic N) is 3. The lowest BCUT2D eigenvalue weighted by Gasteiger charge is -2.09. The van der Waals surface area contributed by atoms with Gasteiger partial charge in [-0.25, -0.2) is 4.98 Å². The van der Waals surface area contributed by atoms with Crippen LogP contribution in [0.15, 0.2) is 36.7 Å². The number of carbonyl (C=O) groups is 1. The quantitative estimate of drug-likeness (QED) is 0.753. The fourth-order valence-electron chi connectivity index (χ4n) is 2.85. The summed E-state index contributed by atoms with van der Waals surface area (Å²) in [7, 11) is 0. The largest absolute Gasteiger partial charge is 0.369 e. The number of aromatic nitrogens is 3. The van der Waals surface area contributed by atoms with E-state index in [4.69, 9.17) is 11.5 Å². The molecule has 1 amide bonds. The zero-order chi connectivity index (χ0) is 16.4. The van der Waals surface area contributed by atoms with Gasteiger partial charge in [0.05, 0.1) is 11.0 Å². The minimum atomic E-state index is -0.459. The van der Waals surface area contributed by atoms with E-state index < -0.39 is 5.91 Å². The molecular formula is C17H19N5O. The van der Waals surface area contributed by atoms with Gasteiger partial charge in [-0.15, -0.1) is 0 Å². The van der Waals surface area contributed by atoms with E-state index in [2.05, 4.69) is 16.0 Å². The van der Waals surface area contributed by atoms with E-state index in [0.29, 0.717) is 17.0 Å². The number of amides is 1. The van der Waals surface area contributed by atoms with Crippen LogP contribution < -0.4 is 11.5 Å². The second-order valence-electron chi connectivity index (χ2n) is 5.61. The number of nitrogen functional groups attached to an aromatic ring is 1. The Labute approximate surface area is 134 Å². The third kappa shape index (κ3) is 3.01. The smallest absolute Gasteiger partial charge is 0.248 e. The van der Waals surface area contributed by atoms with Crippen molar-refractivity contribution >= 4 is 22.9 Å². The summed E-state index contributed by atoms with van der Waals surface area (Å²) in [4.78, 5) is 19.9. The summed E-state index contributed by atoms with van der Waals surface area (Å²) >= 11 is 0. The van der Waals surface area contributed by atoms with E-state index in [9.17, 15) is 4.79 Å². The van der Waals surface area contributed by atoms with Crippen LogP contribution in [0.4, 0.5) is 5.95 Å². The molecule has 0 aliphatic rings. The number of anilines is 1. The molecule has 0 aliphatic heterocycles. The minimum Gasteiger partial charge on any atom is -0.369 e. The van der Waals surface area contributed by atoms with Crippen LogP contribution in [0.3, 0.4) is 0 Å². The summed E-state index contributed by atoms with van der Waals surface area (Å²) in [5.41, 5.74) is 15.7. The van der Waals surface area contributed by atoms with E-state index in [-0.39, 0.29) is 0 Å². The first-order chi connectivity index (χ1) is 11.1. The van der Waals surface area contributed by atoms with Crippen LogP contribution in [-0.4, -0.2) is 20.4 Å². The fourth-order valence-corrected chi connectivity index (χ4v) is 2.85. The van der Waals surface area contributed by atoms with Crippen molar-refractivity contribution in [3.05, 3.63) is 53.3 Å². The average Bonchev–Trinajstić information content (AvgIpc) is 2.84. The number of benzene rings is 1. The molecule has 0 spiro atoms. The summed E-state index contributed by atoms with van der Waals surface area (Å²) in [6, 6.07) is 7.47. The third-order valence-electron chi connectivity index (χ3n) is 3.92. The Balaban J connectivity index is 1.86. The van der Waals surface area contributed by atoms with Crippen molar-refractivity contribution in [2.75, 3.05) is 5.73 Å². The standard InChI is InChI=1S/C17H19N5O/c1-11-8-13(16(18)23)9-14-15(11)22(17(19)21-14)7-3-5-12-4-2-6-20-10-12/h2,4,6,8-10H,3,5,7H2,1H3,(H2,18,23)(H2,19,21). The molecular weight excluding hydrogens is 290 g/mol. The average molecular weight is 309 g/mol. The predicted octanol–water partition coefficient (Wildman–Crippen LogP) is 2.05. The van der Waals surface area contributed by atoms with Crippen molar-refractivity contribution in [3.8, 4) is 0 Å². The zero-order valence-electron chi connectivity index (χ0n) is 13.0. The van der Waals surface area contributed by atoms with Gasteiger partial charge >= 0.3 is 0 Å². The monoisotopic (exact) mass is 309 g/mol. The topological polar surface area (TPSA) is 99.8 Å². The number of aryl methyl sites for hydroxylation is 3. The summed E-state index contributed by atoms with van der Waals surface area (Å²) in [5.74, 6) is -0.00407. The highest BCUT2D eigenvalue weighted by atomic mass is 16.1. The second-order valence-corrected chi connectivity index (χ2v) is 5.61. The highest BCUT2D eigenvalue weighted by Crippen LogP contribution is 2.24. The molecule has 0 saturated carbocycles. The van der Waals surface area contributed by atoms with Crippen LogP contribution in [0.2, 0.25) is 0 Å². The second kappa shape index (κ2) is 6.08. The van der Waals surface area contributed by atoms with Gasteiger partial charge in [0, 0.05) is 24.5 Å². The molecule has 1 aromatic carbocycles. The van der Waals surface area contributed by atoms with Crippen LogP contribution in [0, 0.1) is 6.92 Å². The minimum absolute atomic E-state index is 0.454. The number of fused-ring (bicyclic) bond motifs is 1. The Morgan fingerprint density at radius 1 is 1.35 bits per heavy atom. The number of imidazole rings is 1. The first-order valence-electron chi connectivity index (χ1n) is 7.51. The van der Waals surface area contributed by atoms with Crippen LogP contribution >= 0.6 is 0 Å². The maximum Gasteiger partial charge on any atom is 0.248 e. The number of nitrogens with two attached hydrogens (primary N) is 2. The van der Waals surface area contributed by atoms with E-state index in [1.54, 1.807) is 18.3 Å². The Bertz CT molecular complexity index is 854. The van der Waals surface area contributed by atoms with Gasteiger partial charge in [-0.1, -0.05) is 6.07 Å². The molecule has 0 saturated heterocycles. The highest BCUT2D eigenvalue weighted by Gasteiger charge is 2.13. The van der Waals surface area contributed by atoms with Crippen molar-refractivity contribution in [2.45, 2.75) is 26.3 Å². The van der Waals surface area contributed by atoms with Gasteiger partial charge in [-0.2, -0.15) is 0 Å². The Kier molecular flexibility index (Phi) is 3.97. The summed E-state index contributed by atoms with van der Waals surface area (Å²) in [5, 5.41) is 0. The molecule has 6 nitrogen and oxygen atoms in total. The van der Waals surface area contributed by atoms with Gasteiger partial charge in [0.2, 0.25) is 11.9 Å². The fraction of sp³-hybridized carbons (Fsp3) is 0.235. The van der Waals surface area contributed by atoms with Crippen LogP contribution in [-0.2, 0) is 13.0 Å². The van der Waals surface area contributed by atoms with Crippen molar-refractivity contribution in [3.63, 3.8) is 0 Å². The molecule has 6 heteroatoms. The lowest BCUT2D eigenvalue weighted by molar-refractivity contribution is 0.100. The molecule has 3 rings (SSSR count). The third-order valence-corrected chi connectivity index (χ3v) is 3.92. The van der Waals surface area contributed by atoms with Crippen molar-refractivity contribution in [1.29, 1.82) is 0 Å². The Hall–Kier alpha value is -2.89. The van der Waals surface area contributed by atoms with Gasteiger partial charge < -0.3 is 16.0 Å². The van der Waals surface area contributed by atoms with Crippen molar-refractivity contribution < 1.29 is 4.79 Å². The summed E-state index contributed by atoms with van der Waals surface area (Å²) in [6.07, 6.45) is 5.49. The van der Waals surface area contributed by atoms with E-state index in [0.717, 1.165) is 30.5 Å². The number of pyridine rings is 1. The number of hydrogen-bond acceptors (Lipinski definition) is 4. The summed E-state index contributed by atoms with van der Waals surface area (Å²) in [6.45, 7) is 2.70. The number of carbonyl (C=O) groups excluding carboxylic acids is 1. The molecule has 0 unspecified atom stereocenters. The molecule has 0 atom stereocenters. The molecule has 0 radical (unpaired) electrons. The molecule has 4 N–H and O–H groups in total. The molecule has 23 heavy (non-hydrogen) atoms. The number of hydrogen-bond donors (Lipinski definition) is 2. The first-order valence-corrected chi connectivity index (χ1v) is 7.51. The molecule has 2 heterocycles. The normalized spacial score (nSPS) is 11.0. The maximum atomic E-state index is 11.4. The van der Waals surface area contributed by atoms with Gasteiger partial charge in [-0.05, 0) is 49.1 Å². The highest BCUT2D eigenvalue weighted by molar-refractivity contribution is 5.97. The van der Waals surface area contributed by atoms with Crippen LogP contribution in [0.1, 0.15) is 27.9 Å². The molecule has 0 fully saturated rings. The van der Waals surface area contributed by atoms with Crippen molar-refractivity contribution in [2.24, 2.45) is 5.73 Å². The lowest BCUT2D eigenvalue weighted by Crippen LogP contribution is -2.11. The van der Waals surface area contributed by atoms with Gasteiger partial charge in [0.25, 0.3) is 0 Å². The number of primary amides is 1. The van der Waals surface area contributed by atoms with E-state index in [1.165, 1.54) is 5.56 Å². The van der Waals surface area contributed by atoms with Crippen LogP contribution in [0.5, 0.6) is 0 Å². The lowest BCUT2D eigenvalue weighted by atomic mass is 10.1. The first kappa shape index (κ1) is 15.0. The molecule has 3 aromatic rings. The SMILES string of the molecule is Cc1cc(C(N)=O)cc2nc(N)n(CCCc3cccnc3)c12. The molecule has 0 bridgehead atoms. The predicted molar refractivity (Wildman–Crippen MR) is 90.0 cm³/mol. The summed E-state index contributed by atoms with van der Waals surface area (Å²) < 4.78 is 1.99. The van der Waals surface area contributed by atoms with Crippen LogP contribution in [0.25, 0.3) is 11.0 Å². The van der Waals surface area contributed by atoms with Gasteiger partial charge in [0.15, 0.2) is 0 Å². The van der Waals surface area contributed by atoms with E-state index in [1.807, 2.05) is 23.8 Å². The number of rotatable bonds is 5. The maximum absolute atomic E-state index is 11.4. The molecule has 118 valence electrons. The molecule has 2 aromatic heterocycles. The molecule has 0 aliphatic carbocycles.